The molecule has 0 atom stereocenters. The van der Waals surface area contributed by atoms with Crippen molar-refractivity contribution in [2.75, 3.05) is 11.9 Å². The van der Waals surface area contributed by atoms with E-state index in [0.29, 0.717) is 11.3 Å². The van der Waals surface area contributed by atoms with E-state index in [9.17, 15) is 4.79 Å². The third-order valence-electron chi connectivity index (χ3n) is 5.52. The first-order chi connectivity index (χ1) is 16.2. The maximum absolute atomic E-state index is 13.4. The number of nitrogens with zero attached hydrogens (tertiary/aromatic N) is 1. The lowest BCUT2D eigenvalue weighted by Gasteiger charge is -2.12. The Balaban J connectivity index is 1.72. The van der Waals surface area contributed by atoms with Gasteiger partial charge in [0, 0.05) is 26.8 Å². The van der Waals surface area contributed by atoms with Crippen LogP contribution in [0.4, 0.5) is 10.7 Å². The topological polar surface area (TPSA) is 50.7 Å². The predicted molar refractivity (Wildman–Crippen MR) is 140 cm³/mol. The van der Waals surface area contributed by atoms with Crippen molar-refractivity contribution < 1.29 is 9.53 Å². The number of terminal acetylenes is 1. The SMILES string of the molecule is C#CCOc1ccc(Br)cc1C=Nc1sc2c(c1C(=O)Nc1ccccc1)CCCCCC2. The number of carbonyl (C=O) groups is 1. The Labute approximate surface area is 207 Å². The lowest BCUT2D eigenvalue weighted by Crippen LogP contribution is -2.14. The van der Waals surface area contributed by atoms with Gasteiger partial charge in [-0.05, 0) is 61.6 Å². The van der Waals surface area contributed by atoms with Crippen LogP contribution in [0, 0.1) is 12.3 Å². The minimum absolute atomic E-state index is 0.107. The molecule has 1 heterocycles. The maximum atomic E-state index is 13.4. The Morgan fingerprint density at radius 1 is 1.15 bits per heavy atom. The number of ether oxygens (including phenoxy) is 1. The van der Waals surface area contributed by atoms with E-state index in [2.05, 4.69) is 27.2 Å². The number of rotatable bonds is 6. The van der Waals surface area contributed by atoms with Gasteiger partial charge in [0.25, 0.3) is 5.91 Å². The van der Waals surface area contributed by atoms with Crippen molar-refractivity contribution in [3.05, 3.63) is 74.6 Å². The monoisotopic (exact) mass is 520 g/mol. The van der Waals surface area contributed by atoms with Crippen molar-refractivity contribution in [3.63, 3.8) is 0 Å². The summed E-state index contributed by atoms with van der Waals surface area (Å²) in [5.41, 5.74) is 3.42. The normalized spacial score (nSPS) is 13.6. The van der Waals surface area contributed by atoms with Gasteiger partial charge in [0.15, 0.2) is 0 Å². The van der Waals surface area contributed by atoms with Crippen LogP contribution in [0.5, 0.6) is 5.75 Å². The molecule has 1 N–H and O–H groups in total. The molecule has 4 nitrogen and oxygen atoms in total. The average Bonchev–Trinajstić information content (AvgIpc) is 3.14. The van der Waals surface area contributed by atoms with E-state index in [4.69, 9.17) is 16.2 Å². The number of para-hydroxylation sites is 1. The highest BCUT2D eigenvalue weighted by Crippen LogP contribution is 2.39. The molecule has 3 aromatic rings. The number of halogens is 1. The number of aryl methyl sites for hydroxylation is 1. The first-order valence-electron chi connectivity index (χ1n) is 11.1. The molecule has 1 aromatic heterocycles. The molecule has 0 bridgehead atoms. The first-order valence-corrected chi connectivity index (χ1v) is 12.7. The lowest BCUT2D eigenvalue weighted by molar-refractivity contribution is 0.102. The van der Waals surface area contributed by atoms with Crippen molar-refractivity contribution in [2.45, 2.75) is 38.5 Å². The van der Waals surface area contributed by atoms with E-state index in [1.807, 2.05) is 48.5 Å². The zero-order chi connectivity index (χ0) is 23.0. The second-order valence-electron chi connectivity index (χ2n) is 7.85. The molecule has 6 heteroatoms. The van der Waals surface area contributed by atoms with Crippen molar-refractivity contribution in [3.8, 4) is 18.1 Å². The fourth-order valence-corrected chi connectivity index (χ4v) is 5.55. The van der Waals surface area contributed by atoms with Gasteiger partial charge in [-0.1, -0.05) is 52.9 Å². The summed E-state index contributed by atoms with van der Waals surface area (Å²) >= 11 is 5.14. The highest BCUT2D eigenvalue weighted by atomic mass is 79.9. The minimum atomic E-state index is -0.107. The number of hydrogen-bond acceptors (Lipinski definition) is 4. The van der Waals surface area contributed by atoms with Crippen LogP contribution in [0.2, 0.25) is 0 Å². The van der Waals surface area contributed by atoms with Crippen LogP contribution in [0.1, 0.15) is 52.0 Å². The molecule has 0 fully saturated rings. The van der Waals surface area contributed by atoms with Gasteiger partial charge in [0.05, 0.1) is 5.56 Å². The molecule has 0 spiro atoms. The van der Waals surface area contributed by atoms with E-state index >= 15 is 0 Å². The number of carbonyl (C=O) groups excluding carboxylic acids is 1. The summed E-state index contributed by atoms with van der Waals surface area (Å²) < 4.78 is 6.59. The molecule has 1 amide bonds. The molecule has 0 radical (unpaired) electrons. The highest BCUT2D eigenvalue weighted by molar-refractivity contribution is 9.10. The molecule has 4 rings (SSSR count). The van der Waals surface area contributed by atoms with Crippen LogP contribution in [0.25, 0.3) is 0 Å². The molecular formula is C27H25BrN2O2S. The number of hydrogen-bond donors (Lipinski definition) is 1. The van der Waals surface area contributed by atoms with Gasteiger partial charge in [-0.15, -0.1) is 17.8 Å². The molecule has 33 heavy (non-hydrogen) atoms. The molecule has 1 aliphatic carbocycles. The van der Waals surface area contributed by atoms with Gasteiger partial charge < -0.3 is 10.1 Å². The Morgan fingerprint density at radius 3 is 2.73 bits per heavy atom. The molecular weight excluding hydrogens is 496 g/mol. The first kappa shape index (κ1) is 23.3. The van der Waals surface area contributed by atoms with Gasteiger partial charge >= 0.3 is 0 Å². The largest absolute Gasteiger partial charge is 0.480 e. The van der Waals surface area contributed by atoms with Crippen LogP contribution in [-0.4, -0.2) is 18.7 Å². The number of anilines is 1. The standard InChI is InChI=1S/C27H25BrN2O2S/c1-2-16-32-23-15-14-20(28)17-19(23)18-29-27-25(26(31)30-21-10-6-5-7-11-21)22-12-8-3-4-9-13-24(22)33-27/h1,5-7,10-11,14-15,17-18H,3-4,8-9,12-13,16H2,(H,30,31). The van der Waals surface area contributed by atoms with Crippen molar-refractivity contribution in [1.82, 2.24) is 0 Å². The Kier molecular flexibility index (Phi) is 7.98. The average molecular weight is 521 g/mol. The van der Waals surface area contributed by atoms with E-state index < -0.39 is 0 Å². The number of nitrogens with one attached hydrogen (secondary N) is 1. The number of benzene rings is 2. The van der Waals surface area contributed by atoms with Crippen LogP contribution < -0.4 is 10.1 Å². The molecule has 168 valence electrons. The van der Waals surface area contributed by atoms with E-state index in [1.54, 1.807) is 17.6 Å². The summed E-state index contributed by atoms with van der Waals surface area (Å²) in [6, 6.07) is 15.3. The molecule has 0 saturated carbocycles. The minimum Gasteiger partial charge on any atom is -0.480 e. The van der Waals surface area contributed by atoms with Crippen molar-refractivity contribution >= 4 is 50.1 Å². The van der Waals surface area contributed by atoms with Gasteiger partial charge in [0.1, 0.15) is 17.4 Å². The molecule has 0 unspecified atom stereocenters. The van der Waals surface area contributed by atoms with Crippen molar-refractivity contribution in [1.29, 1.82) is 0 Å². The Bertz CT molecular complexity index is 1190. The summed E-state index contributed by atoms with van der Waals surface area (Å²) in [5, 5.41) is 3.79. The van der Waals surface area contributed by atoms with E-state index in [1.165, 1.54) is 17.7 Å². The third kappa shape index (κ3) is 5.93. The second kappa shape index (κ2) is 11.3. The fourth-order valence-electron chi connectivity index (χ4n) is 3.94. The van der Waals surface area contributed by atoms with Gasteiger partial charge in [-0.2, -0.15) is 0 Å². The zero-order valence-corrected chi connectivity index (χ0v) is 20.7. The lowest BCUT2D eigenvalue weighted by atomic mass is 9.96. The van der Waals surface area contributed by atoms with Gasteiger partial charge in [-0.25, -0.2) is 4.99 Å². The second-order valence-corrected chi connectivity index (χ2v) is 9.85. The summed E-state index contributed by atoms with van der Waals surface area (Å²) in [6.45, 7) is 0.181. The molecule has 0 aliphatic heterocycles. The van der Waals surface area contributed by atoms with E-state index in [-0.39, 0.29) is 12.5 Å². The quantitative estimate of drug-likeness (QED) is 0.276. The number of aliphatic imine (C=N–C) groups is 1. The zero-order valence-electron chi connectivity index (χ0n) is 18.3. The van der Waals surface area contributed by atoms with Crippen LogP contribution in [0.15, 0.2) is 58.0 Å². The van der Waals surface area contributed by atoms with E-state index in [0.717, 1.165) is 52.0 Å². The predicted octanol–water partition coefficient (Wildman–Crippen LogP) is 7.18. The summed E-state index contributed by atoms with van der Waals surface area (Å²) in [6.07, 6.45) is 13.7. The smallest absolute Gasteiger partial charge is 0.259 e. The Hall–Kier alpha value is -2.88. The maximum Gasteiger partial charge on any atom is 0.259 e. The number of fused-ring (bicyclic) bond motifs is 1. The third-order valence-corrected chi connectivity index (χ3v) is 7.21. The van der Waals surface area contributed by atoms with Crippen LogP contribution in [-0.2, 0) is 12.8 Å². The van der Waals surface area contributed by atoms with Gasteiger partial charge in [-0.3, -0.25) is 4.79 Å². The number of amides is 1. The van der Waals surface area contributed by atoms with Crippen LogP contribution >= 0.6 is 27.3 Å². The Morgan fingerprint density at radius 2 is 1.94 bits per heavy atom. The number of thiophene rings is 1. The summed E-state index contributed by atoms with van der Waals surface area (Å²) in [4.78, 5) is 19.5. The fraction of sp³-hybridized carbons (Fsp3) is 0.259. The summed E-state index contributed by atoms with van der Waals surface area (Å²) in [7, 11) is 0. The highest BCUT2D eigenvalue weighted by Gasteiger charge is 2.24. The molecule has 1 aliphatic rings. The molecule has 2 aromatic carbocycles. The van der Waals surface area contributed by atoms with Crippen LogP contribution in [0.3, 0.4) is 0 Å². The van der Waals surface area contributed by atoms with Gasteiger partial charge in [0.2, 0.25) is 0 Å². The van der Waals surface area contributed by atoms with Crippen molar-refractivity contribution in [2.24, 2.45) is 4.99 Å². The molecule has 0 saturated heterocycles. The summed E-state index contributed by atoms with van der Waals surface area (Å²) in [5.74, 6) is 3.05.